The molecular weight excluding hydrogens is 435 g/mol. The summed E-state index contributed by atoms with van der Waals surface area (Å²) in [5.74, 6) is -0.378. The molecule has 0 bridgehead atoms. The molecule has 0 aromatic heterocycles. The maximum Gasteiger partial charge on any atom is 0.457 e. The smallest absolute Gasteiger partial charge is 0.457 e. The lowest BCUT2D eigenvalue weighted by Crippen LogP contribution is -2.57. The number of nitrogens with one attached hydrogen (secondary N) is 1. The molecule has 1 atom stereocenters. The van der Waals surface area contributed by atoms with E-state index in [1.165, 1.54) is 12.8 Å². The summed E-state index contributed by atoms with van der Waals surface area (Å²) in [4.78, 5) is 28.2. The van der Waals surface area contributed by atoms with Crippen LogP contribution in [0, 0.1) is 0 Å². The molecule has 0 aliphatic carbocycles. The van der Waals surface area contributed by atoms with Crippen molar-refractivity contribution in [3.8, 4) is 0 Å². The number of nitrogens with zero attached hydrogens (tertiary/aromatic N) is 1. The largest absolute Gasteiger partial charge is 0.464 e. The van der Waals surface area contributed by atoms with Gasteiger partial charge in [-0.2, -0.15) is 0 Å². The molecule has 0 radical (unpaired) electrons. The molecule has 0 saturated carbocycles. The van der Waals surface area contributed by atoms with Crippen molar-refractivity contribution >= 4 is 19.2 Å². The maximum atomic E-state index is 13.2. The van der Waals surface area contributed by atoms with E-state index < -0.39 is 11.6 Å². The Morgan fingerprint density at radius 2 is 1.62 bits per heavy atom. The molecule has 1 unspecified atom stereocenters. The fourth-order valence-electron chi connectivity index (χ4n) is 4.49. The van der Waals surface area contributed by atoms with Crippen LogP contribution in [0.15, 0.2) is 0 Å². The number of ether oxygens (including phenoxy) is 2. The van der Waals surface area contributed by atoms with Gasteiger partial charge in [-0.25, -0.2) is 9.59 Å². The first-order valence-corrected chi connectivity index (χ1v) is 13.3. The predicted octanol–water partition coefficient (Wildman–Crippen LogP) is 4.56. The van der Waals surface area contributed by atoms with E-state index in [0.717, 1.165) is 51.6 Å². The van der Waals surface area contributed by atoms with Crippen LogP contribution in [0.25, 0.3) is 0 Å². The Morgan fingerprint density at radius 3 is 2.21 bits per heavy atom. The minimum atomic E-state index is -1.10. The normalized spacial score (nSPS) is 21.3. The summed E-state index contributed by atoms with van der Waals surface area (Å²) < 4.78 is 23.0. The number of amides is 1. The molecule has 0 aromatic carbocycles. The summed E-state index contributed by atoms with van der Waals surface area (Å²) in [6.07, 6.45) is 6.80. The van der Waals surface area contributed by atoms with Crippen LogP contribution < -0.4 is 5.32 Å². The first-order valence-electron chi connectivity index (χ1n) is 13.3. The summed E-state index contributed by atoms with van der Waals surface area (Å²) >= 11 is 0. The Hall–Kier alpha value is -1.32. The van der Waals surface area contributed by atoms with E-state index in [1.807, 2.05) is 34.6 Å². The quantitative estimate of drug-likeness (QED) is 0.221. The van der Waals surface area contributed by atoms with Crippen molar-refractivity contribution in [1.82, 2.24) is 10.2 Å². The van der Waals surface area contributed by atoms with Crippen LogP contribution in [-0.4, -0.2) is 73.7 Å². The van der Waals surface area contributed by atoms with Crippen molar-refractivity contribution in [2.45, 2.75) is 116 Å². The Kier molecular flexibility index (Phi) is 11.2. The van der Waals surface area contributed by atoms with Crippen LogP contribution in [0.1, 0.15) is 92.9 Å². The third-order valence-electron chi connectivity index (χ3n) is 7.39. The number of likely N-dealkylation sites (tertiary alicyclic amines) is 1. The zero-order valence-corrected chi connectivity index (χ0v) is 22.4. The molecule has 8 nitrogen and oxygen atoms in total. The van der Waals surface area contributed by atoms with Crippen molar-refractivity contribution in [3.63, 3.8) is 0 Å². The molecule has 2 saturated heterocycles. The highest BCUT2D eigenvalue weighted by Gasteiger charge is 2.50. The molecule has 9 heteroatoms. The van der Waals surface area contributed by atoms with Gasteiger partial charge in [0.2, 0.25) is 0 Å². The lowest BCUT2D eigenvalue weighted by molar-refractivity contribution is -0.152. The van der Waals surface area contributed by atoms with E-state index in [2.05, 4.69) is 10.2 Å². The summed E-state index contributed by atoms with van der Waals surface area (Å²) in [5.41, 5.74) is -1.81. The van der Waals surface area contributed by atoms with Crippen molar-refractivity contribution in [3.05, 3.63) is 0 Å². The number of unbranched alkanes of at least 4 members (excludes halogenated alkanes) is 2. The third kappa shape index (κ3) is 8.13. The van der Waals surface area contributed by atoms with Crippen molar-refractivity contribution < 1.29 is 28.4 Å². The molecule has 0 aromatic rings. The Balaban J connectivity index is 2.03. The van der Waals surface area contributed by atoms with Gasteiger partial charge in [0.05, 0.1) is 24.4 Å². The first-order chi connectivity index (χ1) is 16.0. The third-order valence-corrected chi connectivity index (χ3v) is 7.39. The van der Waals surface area contributed by atoms with Gasteiger partial charge in [0.15, 0.2) is 0 Å². The number of rotatable bonds is 14. The second-order valence-electron chi connectivity index (χ2n) is 10.6. The minimum Gasteiger partial charge on any atom is -0.464 e. The van der Waals surface area contributed by atoms with Crippen LogP contribution in [0.4, 0.5) is 4.79 Å². The average Bonchev–Trinajstić information content (AvgIpc) is 3.35. The van der Waals surface area contributed by atoms with E-state index in [9.17, 15) is 9.59 Å². The van der Waals surface area contributed by atoms with Gasteiger partial charge in [-0.05, 0) is 86.1 Å². The number of hydrogen-bond donors (Lipinski definition) is 1. The van der Waals surface area contributed by atoms with Gasteiger partial charge in [0.1, 0.15) is 5.54 Å². The second kappa shape index (κ2) is 13.1. The number of esters is 1. The first kappa shape index (κ1) is 28.9. The molecule has 1 N–H and O–H groups in total. The molecule has 0 spiro atoms. The molecule has 2 heterocycles. The lowest BCUT2D eigenvalue weighted by atomic mass is 9.80. The van der Waals surface area contributed by atoms with Crippen LogP contribution in [-0.2, 0) is 23.6 Å². The van der Waals surface area contributed by atoms with Crippen LogP contribution >= 0.6 is 0 Å². The molecule has 34 heavy (non-hydrogen) atoms. The monoisotopic (exact) mass is 482 g/mol. The molecule has 2 rings (SSSR count). The maximum absolute atomic E-state index is 13.2. The SMILES string of the molecule is CCCCOC(=O)NC(CCCCB1OC(C)(C)C(C)(C)O1)(CCN1CCCC1)C(=O)OCC. The second-order valence-corrected chi connectivity index (χ2v) is 10.6. The van der Waals surface area contributed by atoms with Gasteiger partial charge < -0.3 is 29.0 Å². The Morgan fingerprint density at radius 1 is 0.971 bits per heavy atom. The minimum absolute atomic E-state index is 0.265. The van der Waals surface area contributed by atoms with E-state index in [1.54, 1.807) is 6.92 Å². The van der Waals surface area contributed by atoms with Crippen molar-refractivity contribution in [2.24, 2.45) is 0 Å². The number of carbonyl (C=O) groups excluding carboxylic acids is 2. The Bertz CT molecular complexity index is 637. The standard InChI is InChI=1S/C25H47BN2O6/c1-7-9-20-32-22(30)27-25(21(29)31-8-2,15-19-28-17-12-13-18-28)14-10-11-16-26-33-23(3,4)24(5,6)34-26/h7-20H2,1-6H3,(H,27,30). The van der Waals surface area contributed by atoms with Crippen LogP contribution in [0.5, 0.6) is 0 Å². The molecule has 2 aliphatic heterocycles. The summed E-state index contributed by atoms with van der Waals surface area (Å²) in [6, 6.07) is 0. The molecule has 196 valence electrons. The van der Waals surface area contributed by atoms with Gasteiger partial charge in [-0.15, -0.1) is 0 Å². The van der Waals surface area contributed by atoms with Gasteiger partial charge in [0, 0.05) is 6.54 Å². The topological polar surface area (TPSA) is 86.3 Å². The van der Waals surface area contributed by atoms with Gasteiger partial charge >= 0.3 is 19.2 Å². The zero-order valence-electron chi connectivity index (χ0n) is 22.4. The fraction of sp³-hybridized carbons (Fsp3) is 0.920. The number of hydrogen-bond acceptors (Lipinski definition) is 7. The van der Waals surface area contributed by atoms with Gasteiger partial charge in [-0.3, -0.25) is 0 Å². The van der Waals surface area contributed by atoms with Crippen LogP contribution in [0.2, 0.25) is 6.32 Å². The highest BCUT2D eigenvalue weighted by atomic mass is 16.7. The van der Waals surface area contributed by atoms with E-state index in [-0.39, 0.29) is 30.9 Å². The summed E-state index contributed by atoms with van der Waals surface area (Å²) in [5, 5.41) is 2.93. The number of alkyl carbamates (subject to hydrolysis) is 1. The van der Waals surface area contributed by atoms with Gasteiger partial charge in [0.25, 0.3) is 0 Å². The highest BCUT2D eigenvalue weighted by Crippen LogP contribution is 2.38. The van der Waals surface area contributed by atoms with Crippen molar-refractivity contribution in [2.75, 3.05) is 32.8 Å². The molecule has 1 amide bonds. The Labute approximate surface area is 206 Å². The molecular formula is C25H47BN2O6. The lowest BCUT2D eigenvalue weighted by Gasteiger charge is -2.33. The van der Waals surface area contributed by atoms with Gasteiger partial charge in [-0.1, -0.05) is 26.2 Å². The van der Waals surface area contributed by atoms with Crippen molar-refractivity contribution in [1.29, 1.82) is 0 Å². The highest BCUT2D eigenvalue weighted by molar-refractivity contribution is 6.45. The fourth-order valence-corrected chi connectivity index (χ4v) is 4.49. The number of carbonyl (C=O) groups is 2. The molecule has 2 fully saturated rings. The summed E-state index contributed by atoms with van der Waals surface area (Å²) in [6.45, 7) is 15.4. The average molecular weight is 482 g/mol. The summed E-state index contributed by atoms with van der Waals surface area (Å²) in [7, 11) is -0.265. The van der Waals surface area contributed by atoms with Crippen LogP contribution in [0.3, 0.4) is 0 Å². The zero-order chi connectivity index (χ0) is 25.2. The predicted molar refractivity (Wildman–Crippen MR) is 134 cm³/mol. The van der Waals surface area contributed by atoms with E-state index in [0.29, 0.717) is 19.4 Å². The van der Waals surface area contributed by atoms with E-state index in [4.69, 9.17) is 18.8 Å². The molecule has 2 aliphatic rings. The van der Waals surface area contributed by atoms with E-state index >= 15 is 0 Å².